The summed E-state index contributed by atoms with van der Waals surface area (Å²) >= 11 is 0. The van der Waals surface area contributed by atoms with Gasteiger partial charge in [-0.15, -0.1) is 0 Å². The molecule has 0 spiro atoms. The molecule has 1 amide bonds. The first-order valence-corrected chi connectivity index (χ1v) is 9.15. The molecular formula is C14H19F5N2O4Si. The zero-order chi connectivity index (χ0) is 20.6. The molecule has 0 saturated carbocycles. The second-order valence-electron chi connectivity index (χ2n) is 6.03. The standard InChI is InChI=1S/C14H19F5N2O4Si/c1-5(2)24-26(23,25-6(3)4)14(21,13(20)22)7-8(15)10(17)12(19)11(18)9(7)16/h5-6,23H,21H2,1-4H3,(H2,20,22). The first-order valence-electron chi connectivity index (χ1n) is 7.39. The van der Waals surface area contributed by atoms with E-state index < -0.39 is 66.7 Å². The number of carbonyl (C=O) groups is 1. The molecule has 1 aromatic rings. The predicted molar refractivity (Wildman–Crippen MR) is 81.7 cm³/mol. The molecule has 12 heteroatoms. The molecule has 1 aromatic carbocycles. The van der Waals surface area contributed by atoms with Crippen LogP contribution < -0.4 is 11.5 Å². The van der Waals surface area contributed by atoms with Gasteiger partial charge in [0, 0.05) is 12.2 Å². The lowest BCUT2D eigenvalue weighted by atomic mass is 10.0. The fourth-order valence-electron chi connectivity index (χ4n) is 2.24. The topological polar surface area (TPSA) is 108 Å². The number of primary amides is 1. The largest absolute Gasteiger partial charge is 0.534 e. The van der Waals surface area contributed by atoms with E-state index in [0.29, 0.717) is 0 Å². The minimum absolute atomic E-state index is 0.894. The highest BCUT2D eigenvalue weighted by Gasteiger charge is 2.66. The van der Waals surface area contributed by atoms with Crippen LogP contribution in [0.1, 0.15) is 33.3 Å². The Bertz CT molecular complexity index is 680. The summed E-state index contributed by atoms with van der Waals surface area (Å²) in [6.07, 6.45) is -1.79. The van der Waals surface area contributed by atoms with E-state index in [1.54, 1.807) is 0 Å². The maximum atomic E-state index is 14.3. The number of nitrogens with two attached hydrogens (primary N) is 2. The summed E-state index contributed by atoms with van der Waals surface area (Å²) < 4.78 is 79.2. The summed E-state index contributed by atoms with van der Waals surface area (Å²) in [4.78, 5) is 22.8. The van der Waals surface area contributed by atoms with Crippen molar-refractivity contribution in [1.82, 2.24) is 0 Å². The monoisotopic (exact) mass is 402 g/mol. The van der Waals surface area contributed by atoms with Crippen LogP contribution in [0.2, 0.25) is 0 Å². The van der Waals surface area contributed by atoms with Crippen molar-refractivity contribution in [2.45, 2.75) is 45.1 Å². The maximum Gasteiger partial charge on any atom is 0.534 e. The van der Waals surface area contributed by atoms with E-state index in [0.717, 1.165) is 0 Å². The van der Waals surface area contributed by atoms with E-state index >= 15 is 0 Å². The number of hydrogen-bond donors (Lipinski definition) is 3. The normalized spacial score (nSPS) is 14.8. The number of carbonyl (C=O) groups excluding carboxylic acids is 1. The van der Waals surface area contributed by atoms with E-state index in [1.807, 2.05) is 0 Å². The Morgan fingerprint density at radius 3 is 1.50 bits per heavy atom. The third-order valence-corrected chi connectivity index (χ3v) is 6.36. The van der Waals surface area contributed by atoms with Crippen molar-refractivity contribution in [3.8, 4) is 0 Å². The molecule has 0 saturated heterocycles. The zero-order valence-corrected chi connectivity index (χ0v) is 15.4. The fraction of sp³-hybridized carbons (Fsp3) is 0.500. The SMILES string of the molecule is CC(C)O[Si](O)(OC(C)C)C(N)(C(N)=O)c1c(F)c(F)c(F)c(F)c1F. The lowest BCUT2D eigenvalue weighted by molar-refractivity contribution is -0.123. The highest BCUT2D eigenvalue weighted by Crippen LogP contribution is 2.37. The Labute approximate surface area is 147 Å². The van der Waals surface area contributed by atoms with E-state index in [-0.39, 0.29) is 0 Å². The van der Waals surface area contributed by atoms with Crippen molar-refractivity contribution in [1.29, 1.82) is 0 Å². The quantitative estimate of drug-likeness (QED) is 0.276. The Hall–Kier alpha value is -1.60. The van der Waals surface area contributed by atoms with Gasteiger partial charge in [-0.1, -0.05) is 0 Å². The summed E-state index contributed by atoms with van der Waals surface area (Å²) in [5.41, 5.74) is 8.95. The smallest absolute Gasteiger partial charge is 0.388 e. The van der Waals surface area contributed by atoms with Gasteiger partial charge in [0.25, 0.3) is 0 Å². The van der Waals surface area contributed by atoms with Gasteiger partial charge in [0.1, 0.15) is 0 Å². The summed E-state index contributed by atoms with van der Waals surface area (Å²) in [6.45, 7) is 5.45. The van der Waals surface area contributed by atoms with E-state index in [2.05, 4.69) is 0 Å². The molecule has 1 unspecified atom stereocenters. The van der Waals surface area contributed by atoms with Gasteiger partial charge in [-0.05, 0) is 27.7 Å². The molecule has 0 fully saturated rings. The van der Waals surface area contributed by atoms with Gasteiger partial charge < -0.3 is 25.1 Å². The maximum absolute atomic E-state index is 14.3. The zero-order valence-electron chi connectivity index (χ0n) is 14.4. The number of hydrogen-bond acceptors (Lipinski definition) is 5. The summed E-state index contributed by atoms with van der Waals surface area (Å²) in [6, 6.07) is 0. The van der Waals surface area contributed by atoms with Gasteiger partial charge in [0.15, 0.2) is 28.4 Å². The van der Waals surface area contributed by atoms with Crippen LogP contribution in [0, 0.1) is 29.1 Å². The molecule has 1 atom stereocenters. The first-order chi connectivity index (χ1) is 11.7. The molecule has 5 N–H and O–H groups in total. The van der Waals surface area contributed by atoms with Gasteiger partial charge >= 0.3 is 8.80 Å². The molecule has 0 aliphatic carbocycles. The number of amides is 1. The van der Waals surface area contributed by atoms with E-state index in [4.69, 9.17) is 20.3 Å². The van der Waals surface area contributed by atoms with Gasteiger partial charge in [-0.2, -0.15) is 0 Å². The van der Waals surface area contributed by atoms with Crippen LogP contribution in [0.4, 0.5) is 22.0 Å². The van der Waals surface area contributed by atoms with E-state index in [1.165, 1.54) is 27.7 Å². The van der Waals surface area contributed by atoms with Crippen LogP contribution in [0.5, 0.6) is 0 Å². The summed E-state index contributed by atoms with van der Waals surface area (Å²) in [5.74, 6) is -13.8. The van der Waals surface area contributed by atoms with Crippen molar-refractivity contribution in [2.75, 3.05) is 0 Å². The number of rotatable bonds is 7. The molecule has 0 aliphatic rings. The molecule has 26 heavy (non-hydrogen) atoms. The average Bonchev–Trinajstić information content (AvgIpc) is 2.48. The van der Waals surface area contributed by atoms with Crippen LogP contribution in [0.3, 0.4) is 0 Å². The Balaban J connectivity index is 3.93. The van der Waals surface area contributed by atoms with Crippen molar-refractivity contribution in [3.63, 3.8) is 0 Å². The summed E-state index contributed by atoms with van der Waals surface area (Å²) in [7, 11) is -5.19. The minimum atomic E-state index is -5.19. The molecule has 0 heterocycles. The Kier molecular flexibility index (Phi) is 6.53. The predicted octanol–water partition coefficient (Wildman–Crippen LogP) is 1.34. The molecule has 0 aliphatic heterocycles. The highest BCUT2D eigenvalue weighted by molar-refractivity contribution is 6.67. The fourth-order valence-corrected chi connectivity index (χ4v) is 4.79. The van der Waals surface area contributed by atoms with Crippen LogP contribution >= 0.6 is 0 Å². The third-order valence-electron chi connectivity index (χ3n) is 3.28. The Morgan fingerprint density at radius 1 is 0.923 bits per heavy atom. The first kappa shape index (κ1) is 22.4. The lowest BCUT2D eigenvalue weighted by Gasteiger charge is -2.40. The molecule has 6 nitrogen and oxygen atoms in total. The van der Waals surface area contributed by atoms with Gasteiger partial charge in [-0.3, -0.25) is 4.79 Å². The highest BCUT2D eigenvalue weighted by atomic mass is 28.4. The van der Waals surface area contributed by atoms with Gasteiger partial charge in [-0.25, -0.2) is 22.0 Å². The second kappa shape index (κ2) is 7.56. The third kappa shape index (κ3) is 3.60. The number of halogens is 5. The molecule has 0 bridgehead atoms. The van der Waals surface area contributed by atoms with E-state index in [9.17, 15) is 31.5 Å². The lowest BCUT2D eigenvalue weighted by Crippen LogP contribution is -2.73. The minimum Gasteiger partial charge on any atom is -0.388 e. The molecular weight excluding hydrogens is 383 g/mol. The molecule has 0 radical (unpaired) electrons. The van der Waals surface area contributed by atoms with Crippen LogP contribution in [-0.4, -0.2) is 31.7 Å². The van der Waals surface area contributed by atoms with Crippen molar-refractivity contribution in [3.05, 3.63) is 34.6 Å². The number of benzene rings is 1. The van der Waals surface area contributed by atoms with Gasteiger partial charge in [0.2, 0.25) is 11.7 Å². The average molecular weight is 402 g/mol. The van der Waals surface area contributed by atoms with Crippen LogP contribution in [0.15, 0.2) is 0 Å². The van der Waals surface area contributed by atoms with Crippen molar-refractivity contribution < 1.29 is 40.4 Å². The van der Waals surface area contributed by atoms with Crippen LogP contribution in [0.25, 0.3) is 0 Å². The second-order valence-corrected chi connectivity index (χ2v) is 8.46. The summed E-state index contributed by atoms with van der Waals surface area (Å²) in [5, 5.41) is -3.34. The van der Waals surface area contributed by atoms with Crippen molar-refractivity contribution >= 4 is 14.7 Å². The molecule has 148 valence electrons. The Morgan fingerprint density at radius 2 is 1.23 bits per heavy atom. The molecule has 1 rings (SSSR count). The molecule has 0 aromatic heterocycles. The van der Waals surface area contributed by atoms with Gasteiger partial charge in [0.05, 0.1) is 5.56 Å². The van der Waals surface area contributed by atoms with Crippen molar-refractivity contribution in [2.24, 2.45) is 11.5 Å². The van der Waals surface area contributed by atoms with Crippen LogP contribution in [-0.2, 0) is 18.8 Å².